The number of carbonyl (C=O) groups is 2. The molecule has 35 heavy (non-hydrogen) atoms. The van der Waals surface area contributed by atoms with Crippen molar-refractivity contribution in [1.82, 2.24) is 4.72 Å². The molecule has 1 amide bonds. The van der Waals surface area contributed by atoms with Crippen molar-refractivity contribution in [3.05, 3.63) is 101 Å². The van der Waals surface area contributed by atoms with Crippen molar-refractivity contribution >= 4 is 50.7 Å². The number of nitrogens with one attached hydrogen (secondary N) is 1. The van der Waals surface area contributed by atoms with Crippen LogP contribution < -0.4 is 4.72 Å². The van der Waals surface area contributed by atoms with E-state index >= 15 is 0 Å². The highest BCUT2D eigenvalue weighted by atomic mass is 32.2. The van der Waals surface area contributed by atoms with Crippen molar-refractivity contribution in [1.29, 1.82) is 0 Å². The second-order valence-corrected chi connectivity index (χ2v) is 10.6. The lowest BCUT2D eigenvalue weighted by Gasteiger charge is -2.09. The number of halogens is 1. The highest BCUT2D eigenvalue weighted by Gasteiger charge is 2.24. The molecule has 4 rings (SSSR count). The molecule has 8 heteroatoms. The quantitative estimate of drug-likeness (QED) is 0.333. The van der Waals surface area contributed by atoms with E-state index in [-0.39, 0.29) is 17.1 Å². The van der Waals surface area contributed by atoms with E-state index in [9.17, 15) is 22.4 Å². The van der Waals surface area contributed by atoms with E-state index in [1.165, 1.54) is 43.3 Å². The predicted molar refractivity (Wildman–Crippen MR) is 137 cm³/mol. The van der Waals surface area contributed by atoms with E-state index < -0.39 is 21.7 Å². The maximum Gasteiger partial charge on any atom is 0.264 e. The summed E-state index contributed by atoms with van der Waals surface area (Å²) in [5.41, 5.74) is 3.97. The molecule has 3 aromatic carbocycles. The Labute approximate surface area is 207 Å². The van der Waals surface area contributed by atoms with Gasteiger partial charge in [0.2, 0.25) is 5.91 Å². The fourth-order valence-electron chi connectivity index (χ4n) is 3.81. The summed E-state index contributed by atoms with van der Waals surface area (Å²) in [4.78, 5) is 25.1. The molecular weight excluding hydrogens is 485 g/mol. The molecule has 0 fully saturated rings. The summed E-state index contributed by atoms with van der Waals surface area (Å²) < 4.78 is 41.4. The van der Waals surface area contributed by atoms with E-state index in [1.807, 2.05) is 36.6 Å². The first kappa shape index (κ1) is 24.6. The summed E-state index contributed by atoms with van der Waals surface area (Å²) in [6.45, 7) is 1.38. The van der Waals surface area contributed by atoms with Gasteiger partial charge in [-0.25, -0.2) is 17.5 Å². The Hall–Kier alpha value is -3.49. The van der Waals surface area contributed by atoms with E-state index in [4.69, 9.17) is 0 Å². The number of carbonyl (C=O) groups excluding carboxylic acids is 2. The maximum absolute atomic E-state index is 14.0. The number of rotatable bonds is 7. The van der Waals surface area contributed by atoms with Gasteiger partial charge in [-0.2, -0.15) is 0 Å². The highest BCUT2D eigenvalue weighted by Crippen LogP contribution is 2.38. The average Bonchev–Trinajstić information content (AvgIpc) is 3.15. The van der Waals surface area contributed by atoms with Crippen LogP contribution in [-0.4, -0.2) is 26.4 Å². The van der Waals surface area contributed by atoms with Gasteiger partial charge in [0.1, 0.15) is 5.82 Å². The summed E-state index contributed by atoms with van der Waals surface area (Å²) in [5.74, 6) is -1.38. The number of benzene rings is 3. The van der Waals surface area contributed by atoms with E-state index in [2.05, 4.69) is 4.72 Å². The van der Waals surface area contributed by atoms with E-state index in [1.54, 1.807) is 23.9 Å². The Kier molecular flexibility index (Phi) is 7.05. The smallest absolute Gasteiger partial charge is 0.264 e. The average molecular weight is 508 g/mol. The number of thioether (sulfide) groups is 1. The van der Waals surface area contributed by atoms with Crippen LogP contribution in [0.25, 0.3) is 17.2 Å². The lowest BCUT2D eigenvalue weighted by Crippen LogP contribution is -2.30. The second kappa shape index (κ2) is 10.0. The molecule has 1 N–H and O–H groups in total. The molecule has 0 saturated heterocycles. The molecule has 0 saturated carbocycles. The minimum atomic E-state index is -4.13. The monoisotopic (exact) mass is 507 g/mol. The molecule has 0 spiro atoms. The molecular formula is C27H22FNO4S2. The van der Waals surface area contributed by atoms with Gasteiger partial charge in [0.15, 0.2) is 5.78 Å². The van der Waals surface area contributed by atoms with Crippen LogP contribution in [0.5, 0.6) is 0 Å². The second-order valence-electron chi connectivity index (χ2n) is 8.02. The summed E-state index contributed by atoms with van der Waals surface area (Å²) in [5, 5.41) is 0. The van der Waals surface area contributed by atoms with Crippen LogP contribution in [0.15, 0.2) is 82.6 Å². The Morgan fingerprint density at radius 1 is 0.971 bits per heavy atom. The molecule has 1 aliphatic rings. The Balaban J connectivity index is 1.58. The number of sulfonamides is 1. The highest BCUT2D eigenvalue weighted by molar-refractivity contribution is 7.98. The van der Waals surface area contributed by atoms with Gasteiger partial charge < -0.3 is 0 Å². The van der Waals surface area contributed by atoms with Crippen LogP contribution >= 0.6 is 11.8 Å². The number of hydrogen-bond acceptors (Lipinski definition) is 5. The lowest BCUT2D eigenvalue weighted by atomic mass is 10.0. The summed E-state index contributed by atoms with van der Waals surface area (Å²) >= 11 is 1.64. The lowest BCUT2D eigenvalue weighted by molar-refractivity contribution is -0.118. The van der Waals surface area contributed by atoms with E-state index in [0.717, 1.165) is 21.6 Å². The molecule has 0 unspecified atom stereocenters. The Bertz CT molecular complexity index is 1470. The molecule has 3 aromatic rings. The normalized spacial score (nSPS) is 13.9. The zero-order valence-electron chi connectivity index (χ0n) is 19.0. The van der Waals surface area contributed by atoms with Gasteiger partial charge in [-0.15, -0.1) is 11.8 Å². The zero-order valence-corrected chi connectivity index (χ0v) is 20.7. The molecule has 1 aliphatic carbocycles. The van der Waals surface area contributed by atoms with Crippen LogP contribution in [0.2, 0.25) is 0 Å². The maximum atomic E-state index is 14.0. The van der Waals surface area contributed by atoms with Crippen LogP contribution in [0.1, 0.15) is 40.4 Å². The van der Waals surface area contributed by atoms with Crippen molar-refractivity contribution in [2.24, 2.45) is 0 Å². The van der Waals surface area contributed by atoms with Crippen molar-refractivity contribution < 1.29 is 22.4 Å². The minimum Gasteiger partial charge on any atom is -0.295 e. The van der Waals surface area contributed by atoms with Crippen molar-refractivity contribution in [2.45, 2.75) is 23.1 Å². The summed E-state index contributed by atoms with van der Waals surface area (Å²) in [6, 6.07) is 17.6. The van der Waals surface area contributed by atoms with Gasteiger partial charge in [0, 0.05) is 10.5 Å². The molecule has 5 nitrogen and oxygen atoms in total. The number of ketones is 1. The zero-order chi connectivity index (χ0) is 25.2. The first-order chi connectivity index (χ1) is 16.7. The summed E-state index contributed by atoms with van der Waals surface area (Å²) in [7, 11) is -4.13. The summed E-state index contributed by atoms with van der Waals surface area (Å²) in [6.07, 6.45) is 5.47. The van der Waals surface area contributed by atoms with Crippen LogP contribution in [0, 0.1) is 5.82 Å². The molecule has 0 radical (unpaired) electrons. The molecule has 0 atom stereocenters. The van der Waals surface area contributed by atoms with Crippen LogP contribution in [-0.2, 0) is 14.8 Å². The molecule has 0 bridgehead atoms. The van der Waals surface area contributed by atoms with Crippen molar-refractivity contribution in [2.75, 3.05) is 6.26 Å². The standard InChI is InChI=1S/C27H22FNO4S2/c1-17(30)19-5-10-24(11-6-19)35(32,33)29-27(31)15-21-14-20(25-12-7-22(28)16-26(21)25)13-18-3-8-23(34-2)9-4-18/h3-14,16H,15H2,1-2H3,(H,29,31)/b20-13+. The molecule has 0 heterocycles. The number of fused-ring (bicyclic) bond motifs is 1. The number of amides is 1. The topological polar surface area (TPSA) is 80.3 Å². The fraction of sp³-hybridized carbons (Fsp3) is 0.111. The Morgan fingerprint density at radius 3 is 2.29 bits per heavy atom. The van der Waals surface area contributed by atoms with Crippen LogP contribution in [0.4, 0.5) is 4.39 Å². The molecule has 0 aromatic heterocycles. The number of Topliss-reactive ketones (excluding diaryl/α,β-unsaturated/α-hetero) is 1. The predicted octanol–water partition coefficient (Wildman–Crippen LogP) is 5.58. The Morgan fingerprint density at radius 2 is 1.66 bits per heavy atom. The van der Waals surface area contributed by atoms with Gasteiger partial charge in [-0.3, -0.25) is 9.59 Å². The third-order valence-corrected chi connectivity index (χ3v) is 7.71. The van der Waals surface area contributed by atoms with Crippen molar-refractivity contribution in [3.63, 3.8) is 0 Å². The van der Waals surface area contributed by atoms with Gasteiger partial charge in [0.25, 0.3) is 10.0 Å². The minimum absolute atomic E-state index is 0.128. The van der Waals surface area contributed by atoms with Gasteiger partial charge in [0.05, 0.1) is 11.3 Å². The largest absolute Gasteiger partial charge is 0.295 e. The third-order valence-electron chi connectivity index (χ3n) is 5.58. The SMILES string of the molecule is CSc1ccc(/C=C2\C=C(CC(=O)NS(=O)(=O)c3ccc(C(C)=O)cc3)c3cc(F)ccc32)cc1. The number of hydrogen-bond donors (Lipinski definition) is 1. The van der Waals surface area contributed by atoms with Gasteiger partial charge in [-0.05, 0) is 89.6 Å². The number of allylic oxidation sites excluding steroid dienone is 2. The van der Waals surface area contributed by atoms with Gasteiger partial charge >= 0.3 is 0 Å². The first-order valence-corrected chi connectivity index (χ1v) is 13.4. The van der Waals surface area contributed by atoms with E-state index in [0.29, 0.717) is 16.7 Å². The molecule has 0 aliphatic heterocycles. The van der Waals surface area contributed by atoms with Crippen molar-refractivity contribution in [3.8, 4) is 0 Å². The first-order valence-electron chi connectivity index (χ1n) is 10.7. The third kappa shape index (κ3) is 5.61. The van der Waals surface area contributed by atoms with Gasteiger partial charge in [-0.1, -0.05) is 30.3 Å². The fourth-order valence-corrected chi connectivity index (χ4v) is 5.20. The van der Waals surface area contributed by atoms with Crippen LogP contribution in [0.3, 0.4) is 0 Å². The molecule has 178 valence electrons.